The first-order chi connectivity index (χ1) is 34.9. The van der Waals surface area contributed by atoms with Gasteiger partial charge in [0.15, 0.2) is 17.5 Å². The predicted octanol–water partition coefficient (Wildman–Crippen LogP) is 16.3. The smallest absolute Gasteiger partial charge is 0.164 e. The van der Waals surface area contributed by atoms with Crippen LogP contribution in [-0.2, 0) is 0 Å². The summed E-state index contributed by atoms with van der Waals surface area (Å²) in [5, 5.41) is 1.22. The third-order valence-electron chi connectivity index (χ3n) is 12.4. The van der Waals surface area contributed by atoms with E-state index in [2.05, 4.69) is 109 Å². The number of aromatic nitrogens is 4. The van der Waals surface area contributed by atoms with Gasteiger partial charge in [-0.25, -0.2) is 15.0 Å². The zero-order valence-electron chi connectivity index (χ0n) is 40.2. The lowest BCUT2D eigenvalue weighted by Gasteiger charge is -2.15. The quantitative estimate of drug-likeness (QED) is 0.145. The van der Waals surface area contributed by atoms with Gasteiger partial charge in [0.1, 0.15) is 0 Å². The van der Waals surface area contributed by atoms with Crippen molar-refractivity contribution in [3.05, 3.63) is 255 Å². The maximum Gasteiger partial charge on any atom is 0.164 e. The molecule has 0 aliphatic heterocycles. The standard InChI is InChI=1S/C63H42N4/c1-5-17-43(18-6-1)46-31-35-49(36-32-46)62-64-61(48-23-11-4-12-24-48)65-63(66-62)50-37-33-47(34-38-50)51-25-15-26-55(42-51)67-59-30-14-13-27-57(59)58-29-16-28-56(60(58)67)54-40-52(44-19-7-2-8-20-44)39-53(41-54)45-21-9-3-10-22-45/h1-42H/i13D,14D,27D,30D. The first-order valence-corrected chi connectivity index (χ1v) is 22.3. The molecule has 0 aliphatic carbocycles. The van der Waals surface area contributed by atoms with Crippen LogP contribution in [0, 0.1) is 0 Å². The highest BCUT2D eigenvalue weighted by molar-refractivity contribution is 6.14. The number of rotatable bonds is 9. The van der Waals surface area contributed by atoms with Gasteiger partial charge in [-0.05, 0) is 86.4 Å². The number of hydrogen-bond acceptors (Lipinski definition) is 3. The molecule has 0 unspecified atom stereocenters. The Morgan fingerprint density at radius 3 is 1.25 bits per heavy atom. The first-order valence-electron chi connectivity index (χ1n) is 24.3. The monoisotopic (exact) mass is 858 g/mol. The van der Waals surface area contributed by atoms with Gasteiger partial charge in [-0.15, -0.1) is 0 Å². The maximum absolute atomic E-state index is 9.40. The molecule has 12 aromatic rings. The Morgan fingerprint density at radius 1 is 0.299 bits per heavy atom. The van der Waals surface area contributed by atoms with Gasteiger partial charge in [-0.2, -0.15) is 0 Å². The van der Waals surface area contributed by atoms with Crippen LogP contribution in [0.1, 0.15) is 5.48 Å². The summed E-state index contributed by atoms with van der Waals surface area (Å²) in [6.45, 7) is 0. The van der Waals surface area contributed by atoms with Crippen LogP contribution in [0.3, 0.4) is 0 Å². The second-order valence-corrected chi connectivity index (χ2v) is 16.5. The molecule has 4 heteroatoms. The molecule has 2 aromatic heterocycles. The van der Waals surface area contributed by atoms with Gasteiger partial charge in [0.05, 0.1) is 16.5 Å². The van der Waals surface area contributed by atoms with E-state index in [1.807, 2.05) is 126 Å². The van der Waals surface area contributed by atoms with Crippen molar-refractivity contribution < 1.29 is 5.48 Å². The molecule has 0 atom stereocenters. The van der Waals surface area contributed by atoms with Crippen molar-refractivity contribution in [2.45, 2.75) is 0 Å². The molecule has 0 aliphatic rings. The number of para-hydroxylation sites is 2. The highest BCUT2D eigenvalue weighted by atomic mass is 15.0. The van der Waals surface area contributed by atoms with E-state index in [-0.39, 0.29) is 24.2 Å². The van der Waals surface area contributed by atoms with E-state index in [0.717, 1.165) is 88.9 Å². The summed E-state index contributed by atoms with van der Waals surface area (Å²) < 4.78 is 38.3. The van der Waals surface area contributed by atoms with Gasteiger partial charge in [0, 0.05) is 38.7 Å². The van der Waals surface area contributed by atoms with Gasteiger partial charge in [0.25, 0.3) is 0 Å². The van der Waals surface area contributed by atoms with Crippen molar-refractivity contribution in [1.29, 1.82) is 0 Å². The molecule has 0 bridgehead atoms. The molecule has 4 nitrogen and oxygen atoms in total. The van der Waals surface area contributed by atoms with E-state index in [0.29, 0.717) is 28.4 Å². The SMILES string of the molecule is [2H]c1c([2H])c([2H])c2c(c1[2H])c1cccc(-c3cc(-c4ccccc4)cc(-c4ccccc4)c3)c1n2-c1cccc(-c2ccc(-c3nc(-c4ccccc4)nc(-c4ccc(-c5ccccc5)cc4)n3)cc2)c1. The Kier molecular flexibility index (Phi) is 9.07. The van der Waals surface area contributed by atoms with Crippen LogP contribution < -0.4 is 0 Å². The number of fused-ring (bicyclic) bond motifs is 3. The largest absolute Gasteiger partial charge is 0.309 e. The summed E-state index contributed by atoms with van der Waals surface area (Å²) in [6, 6.07) is 77.5. The molecule has 0 fully saturated rings. The van der Waals surface area contributed by atoms with Crippen molar-refractivity contribution in [3.8, 4) is 95.5 Å². The van der Waals surface area contributed by atoms with Crippen molar-refractivity contribution in [3.63, 3.8) is 0 Å². The summed E-state index contributed by atoms with van der Waals surface area (Å²) in [7, 11) is 0. The van der Waals surface area contributed by atoms with E-state index < -0.39 is 0 Å². The third kappa shape index (κ3) is 7.67. The summed E-state index contributed by atoms with van der Waals surface area (Å²) in [5.74, 6) is 1.72. The Hall–Kier alpha value is -8.99. The predicted molar refractivity (Wildman–Crippen MR) is 278 cm³/mol. The summed E-state index contributed by atoms with van der Waals surface area (Å²) >= 11 is 0. The van der Waals surface area contributed by atoms with Gasteiger partial charge in [0.2, 0.25) is 0 Å². The fourth-order valence-corrected chi connectivity index (χ4v) is 9.06. The van der Waals surface area contributed by atoms with E-state index >= 15 is 0 Å². The molecule has 67 heavy (non-hydrogen) atoms. The van der Waals surface area contributed by atoms with Crippen LogP contribution in [0.4, 0.5) is 0 Å². The minimum Gasteiger partial charge on any atom is -0.309 e. The molecule has 314 valence electrons. The molecular weight excluding hydrogens is 813 g/mol. The third-order valence-corrected chi connectivity index (χ3v) is 12.4. The van der Waals surface area contributed by atoms with E-state index in [1.54, 1.807) is 0 Å². The van der Waals surface area contributed by atoms with Crippen molar-refractivity contribution in [1.82, 2.24) is 19.5 Å². The molecule has 2 heterocycles. The van der Waals surface area contributed by atoms with Crippen LogP contribution in [0.25, 0.3) is 117 Å². The molecule has 0 amide bonds. The Bertz CT molecular complexity index is 3880. The normalized spacial score (nSPS) is 12.1. The summed E-state index contributed by atoms with van der Waals surface area (Å²) in [4.78, 5) is 15.0. The Balaban J connectivity index is 0.986. The maximum atomic E-state index is 9.40. The lowest BCUT2D eigenvalue weighted by atomic mass is 9.92. The Morgan fingerprint density at radius 2 is 0.701 bits per heavy atom. The second-order valence-electron chi connectivity index (χ2n) is 16.5. The number of nitrogens with zero attached hydrogens (tertiary/aromatic N) is 4. The topological polar surface area (TPSA) is 43.6 Å². The molecule has 0 spiro atoms. The van der Waals surface area contributed by atoms with Gasteiger partial charge in [-0.1, -0.05) is 218 Å². The lowest BCUT2D eigenvalue weighted by Crippen LogP contribution is -2.00. The molecular formula is C63H42N4. The molecule has 10 aromatic carbocycles. The molecule has 0 saturated carbocycles. The number of hydrogen-bond donors (Lipinski definition) is 0. The van der Waals surface area contributed by atoms with Crippen LogP contribution in [0.15, 0.2) is 255 Å². The zero-order chi connectivity index (χ0) is 48.0. The molecule has 0 saturated heterocycles. The van der Waals surface area contributed by atoms with Crippen molar-refractivity contribution in [2.24, 2.45) is 0 Å². The van der Waals surface area contributed by atoms with Crippen LogP contribution >= 0.6 is 0 Å². The molecule has 12 rings (SSSR count). The average molecular weight is 859 g/mol. The average Bonchev–Trinajstić information content (AvgIpc) is 3.81. The Labute approximate surface area is 395 Å². The second kappa shape index (κ2) is 17.2. The lowest BCUT2D eigenvalue weighted by molar-refractivity contribution is 1.07. The fourth-order valence-electron chi connectivity index (χ4n) is 9.06. The minimum atomic E-state index is -0.279. The van der Waals surface area contributed by atoms with Crippen molar-refractivity contribution >= 4 is 21.8 Å². The minimum absolute atomic E-state index is 0.0715. The van der Waals surface area contributed by atoms with Gasteiger partial charge < -0.3 is 4.57 Å². The summed E-state index contributed by atoms with van der Waals surface area (Å²) in [6.07, 6.45) is 0. The zero-order valence-corrected chi connectivity index (χ0v) is 36.2. The van der Waals surface area contributed by atoms with Gasteiger partial charge in [-0.3, -0.25) is 0 Å². The molecule has 0 radical (unpaired) electrons. The van der Waals surface area contributed by atoms with Crippen molar-refractivity contribution in [2.75, 3.05) is 0 Å². The van der Waals surface area contributed by atoms with Gasteiger partial charge >= 0.3 is 0 Å². The van der Waals surface area contributed by atoms with E-state index in [1.165, 1.54) is 0 Å². The fraction of sp³-hybridized carbons (Fsp3) is 0. The summed E-state index contributed by atoms with van der Waals surface area (Å²) in [5.41, 5.74) is 14.9. The van der Waals surface area contributed by atoms with Crippen LogP contribution in [-0.4, -0.2) is 19.5 Å². The van der Waals surface area contributed by atoms with E-state index in [9.17, 15) is 2.74 Å². The molecule has 0 N–H and O–H groups in total. The highest BCUT2D eigenvalue weighted by Gasteiger charge is 2.19. The van der Waals surface area contributed by atoms with E-state index in [4.69, 9.17) is 17.7 Å². The van der Waals surface area contributed by atoms with Crippen LogP contribution in [0.2, 0.25) is 0 Å². The highest BCUT2D eigenvalue weighted by Crippen LogP contribution is 2.41. The first kappa shape index (κ1) is 35.4. The number of benzene rings is 10. The van der Waals surface area contributed by atoms with Crippen LogP contribution in [0.5, 0.6) is 0 Å².